The Morgan fingerprint density at radius 1 is 0.857 bits per heavy atom. The molecule has 158 valence electrons. The molecule has 0 bridgehead atoms. The Morgan fingerprint density at radius 3 is 2.29 bits per heavy atom. The van der Waals surface area contributed by atoms with Crippen LogP contribution in [-0.4, -0.2) is 6.61 Å². The van der Waals surface area contributed by atoms with Crippen molar-refractivity contribution in [2.24, 2.45) is 11.8 Å². The third-order valence-electron chi connectivity index (χ3n) is 6.31. The van der Waals surface area contributed by atoms with E-state index < -0.39 is 0 Å². The van der Waals surface area contributed by atoms with Crippen LogP contribution in [0.25, 0.3) is 0 Å². The van der Waals surface area contributed by atoms with Crippen molar-refractivity contribution in [2.45, 2.75) is 104 Å². The van der Waals surface area contributed by atoms with Gasteiger partial charge in [-0.05, 0) is 74.5 Å². The standard InChI is InChI=1S/C27H44O/c1-3-5-7-11-23-28-27-21-19-26(20-22-27)14-10-9-13-25-17-15-24(16-18-25)12-8-6-4-2/h9,13,19-22,24-25H,3-8,10-12,14-18,23H2,1-2H3/b13-9+. The maximum Gasteiger partial charge on any atom is 0.119 e. The van der Waals surface area contributed by atoms with Crippen molar-refractivity contribution in [3.63, 3.8) is 0 Å². The average molecular weight is 385 g/mol. The highest BCUT2D eigenvalue weighted by Gasteiger charge is 2.18. The number of hydrogen-bond donors (Lipinski definition) is 0. The van der Waals surface area contributed by atoms with E-state index in [2.05, 4.69) is 50.3 Å². The van der Waals surface area contributed by atoms with Crippen molar-refractivity contribution >= 4 is 0 Å². The summed E-state index contributed by atoms with van der Waals surface area (Å²) in [5.74, 6) is 2.88. The van der Waals surface area contributed by atoms with Crippen LogP contribution in [0.4, 0.5) is 0 Å². The van der Waals surface area contributed by atoms with Crippen molar-refractivity contribution < 1.29 is 4.74 Å². The number of hydrogen-bond acceptors (Lipinski definition) is 1. The van der Waals surface area contributed by atoms with E-state index in [9.17, 15) is 0 Å². The van der Waals surface area contributed by atoms with Gasteiger partial charge in [-0.15, -0.1) is 0 Å². The first-order valence-electron chi connectivity index (χ1n) is 12.2. The van der Waals surface area contributed by atoms with Gasteiger partial charge in [0.25, 0.3) is 0 Å². The molecule has 1 nitrogen and oxygen atoms in total. The predicted molar refractivity (Wildman–Crippen MR) is 123 cm³/mol. The van der Waals surface area contributed by atoms with E-state index in [1.807, 2.05) is 0 Å². The van der Waals surface area contributed by atoms with Gasteiger partial charge in [0.15, 0.2) is 0 Å². The Labute approximate surface area is 175 Å². The molecule has 28 heavy (non-hydrogen) atoms. The second kappa shape index (κ2) is 14.7. The lowest BCUT2D eigenvalue weighted by Crippen LogP contribution is -2.13. The Bertz CT molecular complexity index is 508. The molecule has 1 aromatic rings. The summed E-state index contributed by atoms with van der Waals surface area (Å²) in [6, 6.07) is 8.74. The zero-order chi connectivity index (χ0) is 19.9. The number of rotatable bonds is 14. The van der Waals surface area contributed by atoms with Crippen LogP contribution >= 0.6 is 0 Å². The molecular weight excluding hydrogens is 340 g/mol. The van der Waals surface area contributed by atoms with Gasteiger partial charge in [0.1, 0.15) is 5.75 Å². The predicted octanol–water partition coefficient (Wildman–Crippen LogP) is 8.52. The van der Waals surface area contributed by atoms with Crippen molar-refractivity contribution in [3.05, 3.63) is 42.0 Å². The van der Waals surface area contributed by atoms with E-state index in [1.54, 1.807) is 0 Å². The van der Waals surface area contributed by atoms with Crippen LogP contribution in [-0.2, 0) is 6.42 Å². The van der Waals surface area contributed by atoms with Gasteiger partial charge in [-0.1, -0.05) is 83.1 Å². The van der Waals surface area contributed by atoms with Gasteiger partial charge < -0.3 is 4.74 Å². The van der Waals surface area contributed by atoms with E-state index in [0.29, 0.717) is 0 Å². The summed E-state index contributed by atoms with van der Waals surface area (Å²) < 4.78 is 5.84. The molecule has 0 radical (unpaired) electrons. The molecule has 1 aliphatic carbocycles. The molecule has 1 aliphatic rings. The molecule has 0 aliphatic heterocycles. The normalized spacial score (nSPS) is 19.9. The smallest absolute Gasteiger partial charge is 0.119 e. The van der Waals surface area contributed by atoms with Crippen LogP contribution in [0.5, 0.6) is 5.75 Å². The summed E-state index contributed by atoms with van der Waals surface area (Å²) in [5, 5.41) is 0. The van der Waals surface area contributed by atoms with Gasteiger partial charge >= 0.3 is 0 Å². The maximum absolute atomic E-state index is 5.84. The molecule has 0 amide bonds. The molecule has 1 aromatic carbocycles. The Morgan fingerprint density at radius 2 is 1.57 bits per heavy atom. The lowest BCUT2D eigenvalue weighted by molar-refractivity contribution is 0.289. The minimum Gasteiger partial charge on any atom is -0.494 e. The molecule has 1 heteroatoms. The van der Waals surface area contributed by atoms with E-state index in [4.69, 9.17) is 4.74 Å². The van der Waals surface area contributed by atoms with Crippen LogP contribution in [0.1, 0.15) is 103 Å². The van der Waals surface area contributed by atoms with Gasteiger partial charge in [-0.3, -0.25) is 0 Å². The molecular formula is C27H44O. The molecule has 1 fully saturated rings. The summed E-state index contributed by atoms with van der Waals surface area (Å²) in [4.78, 5) is 0. The first-order chi connectivity index (χ1) is 13.8. The highest BCUT2D eigenvalue weighted by Crippen LogP contribution is 2.32. The SMILES string of the molecule is CCCCCCOc1ccc(CC/C=C/C2CCC(CCCCC)CC2)cc1. The van der Waals surface area contributed by atoms with E-state index >= 15 is 0 Å². The van der Waals surface area contributed by atoms with Crippen LogP contribution in [0.15, 0.2) is 36.4 Å². The summed E-state index contributed by atoms with van der Waals surface area (Å²) in [6.07, 6.45) is 23.7. The molecule has 0 spiro atoms. The fourth-order valence-corrected chi connectivity index (χ4v) is 4.36. The molecule has 1 saturated carbocycles. The number of allylic oxidation sites excluding steroid dienone is 2. The van der Waals surface area contributed by atoms with Crippen molar-refractivity contribution in [1.82, 2.24) is 0 Å². The highest BCUT2D eigenvalue weighted by atomic mass is 16.5. The van der Waals surface area contributed by atoms with E-state index in [-0.39, 0.29) is 0 Å². The Hall–Kier alpha value is -1.24. The molecule has 0 N–H and O–H groups in total. The van der Waals surface area contributed by atoms with Crippen LogP contribution in [0.2, 0.25) is 0 Å². The fourth-order valence-electron chi connectivity index (χ4n) is 4.36. The van der Waals surface area contributed by atoms with Crippen LogP contribution in [0, 0.1) is 11.8 Å². The number of ether oxygens (including phenoxy) is 1. The van der Waals surface area contributed by atoms with Crippen molar-refractivity contribution in [2.75, 3.05) is 6.61 Å². The maximum atomic E-state index is 5.84. The lowest BCUT2D eigenvalue weighted by Gasteiger charge is -2.26. The van der Waals surface area contributed by atoms with Gasteiger partial charge in [-0.2, -0.15) is 0 Å². The summed E-state index contributed by atoms with van der Waals surface area (Å²) >= 11 is 0. The summed E-state index contributed by atoms with van der Waals surface area (Å²) in [7, 11) is 0. The van der Waals surface area contributed by atoms with Gasteiger partial charge in [0.2, 0.25) is 0 Å². The monoisotopic (exact) mass is 384 g/mol. The molecule has 0 aromatic heterocycles. The van der Waals surface area contributed by atoms with Gasteiger partial charge in [0, 0.05) is 0 Å². The lowest BCUT2D eigenvalue weighted by atomic mass is 9.79. The fraction of sp³-hybridized carbons (Fsp3) is 0.704. The molecule has 0 atom stereocenters. The molecule has 0 unspecified atom stereocenters. The van der Waals surface area contributed by atoms with E-state index in [1.165, 1.54) is 82.6 Å². The summed E-state index contributed by atoms with van der Waals surface area (Å²) in [6.45, 7) is 5.40. The molecule has 0 saturated heterocycles. The zero-order valence-electron chi connectivity index (χ0n) is 18.6. The largest absolute Gasteiger partial charge is 0.494 e. The second-order valence-electron chi connectivity index (χ2n) is 8.80. The molecule has 0 heterocycles. The third-order valence-corrected chi connectivity index (χ3v) is 6.31. The number of aryl methyl sites for hydroxylation is 1. The first-order valence-corrected chi connectivity index (χ1v) is 12.2. The zero-order valence-corrected chi connectivity index (χ0v) is 18.6. The minimum absolute atomic E-state index is 0.839. The quantitative estimate of drug-likeness (QED) is 0.231. The molecule has 2 rings (SSSR count). The Balaban J connectivity index is 1.56. The Kier molecular flexibility index (Phi) is 12.1. The highest BCUT2D eigenvalue weighted by molar-refractivity contribution is 5.27. The minimum atomic E-state index is 0.839. The number of unbranched alkanes of at least 4 members (excludes halogenated alkanes) is 5. The van der Waals surface area contributed by atoms with Gasteiger partial charge in [0.05, 0.1) is 6.61 Å². The second-order valence-corrected chi connectivity index (χ2v) is 8.80. The van der Waals surface area contributed by atoms with Crippen molar-refractivity contribution in [1.29, 1.82) is 0 Å². The third kappa shape index (κ3) is 9.80. The van der Waals surface area contributed by atoms with E-state index in [0.717, 1.165) is 37.0 Å². The summed E-state index contributed by atoms with van der Waals surface area (Å²) in [5.41, 5.74) is 1.42. The topological polar surface area (TPSA) is 9.23 Å². The average Bonchev–Trinajstić information content (AvgIpc) is 2.73. The number of benzene rings is 1. The first kappa shape index (κ1) is 23.0. The van der Waals surface area contributed by atoms with Crippen LogP contribution < -0.4 is 4.74 Å². The van der Waals surface area contributed by atoms with Crippen molar-refractivity contribution in [3.8, 4) is 5.75 Å². The van der Waals surface area contributed by atoms with Crippen LogP contribution in [0.3, 0.4) is 0 Å². The van der Waals surface area contributed by atoms with Gasteiger partial charge in [-0.25, -0.2) is 0 Å².